The normalized spacial score (nSPS) is 21.6. The molecule has 0 spiro atoms. The van der Waals surface area contributed by atoms with Crippen LogP contribution in [0.4, 0.5) is 4.39 Å². The second kappa shape index (κ2) is 6.78. The van der Waals surface area contributed by atoms with Crippen molar-refractivity contribution in [3.05, 3.63) is 76.7 Å². The predicted molar refractivity (Wildman–Crippen MR) is 110 cm³/mol. The average Bonchev–Trinajstić information content (AvgIpc) is 3.40. The molecule has 3 aromatic rings. The Hall–Kier alpha value is -2.59. The van der Waals surface area contributed by atoms with Crippen LogP contribution in [0.3, 0.4) is 0 Å². The van der Waals surface area contributed by atoms with E-state index in [9.17, 15) is 9.18 Å². The third-order valence-corrected chi connectivity index (χ3v) is 6.27. The summed E-state index contributed by atoms with van der Waals surface area (Å²) in [6.45, 7) is 1.33. The maximum Gasteiger partial charge on any atom is 0.226 e. The maximum atomic E-state index is 13.4. The van der Waals surface area contributed by atoms with E-state index in [1.54, 1.807) is 0 Å². The number of carbonyl (C=O) groups excluding carboxylic acids is 1. The Balaban J connectivity index is 1.29. The number of hydrogen-bond donors (Lipinski definition) is 1. The van der Waals surface area contributed by atoms with E-state index in [0.717, 1.165) is 39.9 Å². The first kappa shape index (κ1) is 17.5. The number of nitrogens with one attached hydrogen (secondary N) is 1. The third kappa shape index (κ3) is 3.02. The van der Waals surface area contributed by atoms with Crippen molar-refractivity contribution in [3.8, 4) is 0 Å². The summed E-state index contributed by atoms with van der Waals surface area (Å²) in [5.74, 6) is 0.273. The number of nitrogens with zero attached hydrogens (tertiary/aromatic N) is 1. The first-order valence-electron chi connectivity index (χ1n) is 9.61. The second-order valence-corrected chi connectivity index (χ2v) is 8.03. The highest BCUT2D eigenvalue weighted by Gasteiger charge is 2.46. The lowest BCUT2D eigenvalue weighted by Crippen LogP contribution is -2.36. The van der Waals surface area contributed by atoms with Gasteiger partial charge in [0, 0.05) is 46.7 Å². The number of aromatic nitrogens is 1. The number of fused-ring (bicyclic) bond motifs is 1. The summed E-state index contributed by atoms with van der Waals surface area (Å²) in [7, 11) is 0. The van der Waals surface area contributed by atoms with Crippen molar-refractivity contribution >= 4 is 34.0 Å². The number of carbonyl (C=O) groups is 1. The molecule has 1 saturated carbocycles. The fourth-order valence-electron chi connectivity index (χ4n) is 4.30. The number of rotatable bonds is 3. The molecule has 3 nitrogen and oxygen atoms in total. The standard InChI is InChI=1S/C23H20ClFN2O/c24-21-4-2-1-3-16(21)18-12-19(18)23(28)27-9-7-14(8-10-27)20-13-26-22-11-15(25)5-6-17(20)22/h1-7,11,13,18-19,26H,8-10,12H2. The first-order chi connectivity index (χ1) is 13.6. The molecule has 0 bridgehead atoms. The number of amides is 1. The van der Waals surface area contributed by atoms with Gasteiger partial charge in [-0.1, -0.05) is 35.9 Å². The van der Waals surface area contributed by atoms with Gasteiger partial charge in [0.15, 0.2) is 0 Å². The summed E-state index contributed by atoms with van der Waals surface area (Å²) in [5, 5.41) is 1.77. The molecule has 1 aliphatic carbocycles. The van der Waals surface area contributed by atoms with E-state index in [2.05, 4.69) is 11.1 Å². The number of halogens is 2. The summed E-state index contributed by atoms with van der Waals surface area (Å²) in [5.41, 5.74) is 4.19. The summed E-state index contributed by atoms with van der Waals surface area (Å²) in [6.07, 6.45) is 5.74. The average molecular weight is 395 g/mol. The van der Waals surface area contributed by atoms with E-state index < -0.39 is 0 Å². The highest BCUT2D eigenvalue weighted by molar-refractivity contribution is 6.31. The Kier molecular flexibility index (Phi) is 4.24. The van der Waals surface area contributed by atoms with Crippen LogP contribution in [0.2, 0.25) is 5.02 Å². The largest absolute Gasteiger partial charge is 0.360 e. The molecule has 2 atom stereocenters. The molecule has 1 N–H and O–H groups in total. The van der Waals surface area contributed by atoms with E-state index in [-0.39, 0.29) is 23.6 Å². The minimum Gasteiger partial charge on any atom is -0.360 e. The van der Waals surface area contributed by atoms with E-state index in [1.807, 2.05) is 41.4 Å². The van der Waals surface area contributed by atoms with E-state index >= 15 is 0 Å². The van der Waals surface area contributed by atoms with Gasteiger partial charge in [0.2, 0.25) is 5.91 Å². The minimum absolute atomic E-state index is 0.0471. The van der Waals surface area contributed by atoms with E-state index in [0.29, 0.717) is 13.1 Å². The van der Waals surface area contributed by atoms with Crippen molar-refractivity contribution in [2.75, 3.05) is 13.1 Å². The molecule has 2 heterocycles. The molecule has 5 heteroatoms. The zero-order valence-corrected chi connectivity index (χ0v) is 16.0. The predicted octanol–water partition coefficient (Wildman–Crippen LogP) is 5.38. The number of benzene rings is 2. The van der Waals surface area contributed by atoms with Gasteiger partial charge < -0.3 is 9.88 Å². The molecule has 5 rings (SSSR count). The fourth-order valence-corrected chi connectivity index (χ4v) is 4.58. The molecule has 2 aliphatic rings. The Morgan fingerprint density at radius 3 is 2.86 bits per heavy atom. The third-order valence-electron chi connectivity index (χ3n) is 5.92. The van der Waals surface area contributed by atoms with Crippen LogP contribution < -0.4 is 0 Å². The zero-order chi connectivity index (χ0) is 19.3. The summed E-state index contributed by atoms with van der Waals surface area (Å²) in [4.78, 5) is 18.0. The Labute approximate surface area is 167 Å². The molecular formula is C23H20ClFN2O. The lowest BCUT2D eigenvalue weighted by atomic mass is 9.98. The summed E-state index contributed by atoms with van der Waals surface area (Å²) in [6, 6.07) is 12.6. The summed E-state index contributed by atoms with van der Waals surface area (Å²) >= 11 is 6.29. The first-order valence-corrected chi connectivity index (χ1v) is 9.99. The van der Waals surface area contributed by atoms with Crippen molar-refractivity contribution in [2.45, 2.75) is 18.8 Å². The van der Waals surface area contributed by atoms with Gasteiger partial charge in [0.25, 0.3) is 0 Å². The molecule has 28 heavy (non-hydrogen) atoms. The van der Waals surface area contributed by atoms with Crippen molar-refractivity contribution in [1.29, 1.82) is 0 Å². The molecular weight excluding hydrogens is 375 g/mol. The van der Waals surface area contributed by atoms with E-state index in [4.69, 9.17) is 11.6 Å². The molecule has 1 fully saturated rings. The van der Waals surface area contributed by atoms with Crippen LogP contribution in [0.25, 0.3) is 16.5 Å². The molecule has 142 valence electrons. The Morgan fingerprint density at radius 1 is 1.21 bits per heavy atom. The number of aromatic amines is 1. The second-order valence-electron chi connectivity index (χ2n) is 7.63. The Morgan fingerprint density at radius 2 is 2.07 bits per heavy atom. The van der Waals surface area contributed by atoms with Gasteiger partial charge in [-0.25, -0.2) is 4.39 Å². The molecule has 0 saturated heterocycles. The van der Waals surface area contributed by atoms with Gasteiger partial charge in [-0.05, 0) is 54.2 Å². The van der Waals surface area contributed by atoms with Crippen LogP contribution in [0.15, 0.2) is 54.7 Å². The highest BCUT2D eigenvalue weighted by atomic mass is 35.5. The molecule has 1 aliphatic heterocycles. The Bertz CT molecular complexity index is 1100. The van der Waals surface area contributed by atoms with Crippen LogP contribution in [0.5, 0.6) is 0 Å². The van der Waals surface area contributed by atoms with Crippen LogP contribution >= 0.6 is 11.6 Å². The van der Waals surface area contributed by atoms with Crippen molar-refractivity contribution in [3.63, 3.8) is 0 Å². The van der Waals surface area contributed by atoms with Gasteiger partial charge in [0.05, 0.1) is 0 Å². The SMILES string of the molecule is O=C(C1CC1c1ccccc1Cl)N1CC=C(c2c[nH]c3cc(F)ccc23)CC1. The molecule has 2 unspecified atom stereocenters. The van der Waals surface area contributed by atoms with E-state index in [1.165, 1.54) is 17.7 Å². The topological polar surface area (TPSA) is 36.1 Å². The maximum absolute atomic E-state index is 13.4. The molecule has 1 aromatic heterocycles. The van der Waals surface area contributed by atoms with Gasteiger partial charge in [-0.15, -0.1) is 0 Å². The van der Waals surface area contributed by atoms with Gasteiger partial charge >= 0.3 is 0 Å². The summed E-state index contributed by atoms with van der Waals surface area (Å²) < 4.78 is 13.4. The van der Waals surface area contributed by atoms with Gasteiger partial charge in [-0.2, -0.15) is 0 Å². The van der Waals surface area contributed by atoms with Crippen LogP contribution in [-0.4, -0.2) is 28.9 Å². The monoisotopic (exact) mass is 394 g/mol. The van der Waals surface area contributed by atoms with Crippen LogP contribution in [-0.2, 0) is 4.79 Å². The molecule has 2 aromatic carbocycles. The van der Waals surface area contributed by atoms with Crippen molar-refractivity contribution in [1.82, 2.24) is 9.88 Å². The quantitative estimate of drug-likeness (QED) is 0.636. The molecule has 1 amide bonds. The smallest absolute Gasteiger partial charge is 0.226 e. The van der Waals surface area contributed by atoms with Crippen LogP contribution in [0, 0.1) is 11.7 Å². The lowest BCUT2D eigenvalue weighted by Gasteiger charge is -2.27. The molecule has 0 radical (unpaired) electrons. The zero-order valence-electron chi connectivity index (χ0n) is 15.3. The van der Waals surface area contributed by atoms with Crippen LogP contribution in [0.1, 0.15) is 29.9 Å². The number of H-pyrrole nitrogens is 1. The highest BCUT2D eigenvalue weighted by Crippen LogP contribution is 2.50. The van der Waals surface area contributed by atoms with Crippen molar-refractivity contribution < 1.29 is 9.18 Å². The van der Waals surface area contributed by atoms with Crippen molar-refractivity contribution in [2.24, 2.45) is 5.92 Å². The lowest BCUT2D eigenvalue weighted by molar-refractivity contribution is -0.132. The minimum atomic E-state index is -0.243. The van der Waals surface area contributed by atoms with Gasteiger partial charge in [-0.3, -0.25) is 4.79 Å². The fraction of sp³-hybridized carbons (Fsp3) is 0.261. The number of hydrogen-bond acceptors (Lipinski definition) is 1. The van der Waals surface area contributed by atoms with Gasteiger partial charge in [0.1, 0.15) is 5.82 Å².